The molecule has 5 nitrogen and oxygen atoms in total. The van der Waals surface area contributed by atoms with Crippen LogP contribution in [-0.2, 0) is 10.0 Å². The molecule has 6 heteroatoms. The molecule has 0 heterocycles. The molecular formula is C9H21N3O2S. The lowest BCUT2D eigenvalue weighted by Crippen LogP contribution is -2.36. The van der Waals surface area contributed by atoms with Gasteiger partial charge >= 0.3 is 0 Å². The lowest BCUT2D eigenvalue weighted by molar-refractivity contribution is 0.425. The van der Waals surface area contributed by atoms with E-state index in [4.69, 9.17) is 11.1 Å². The molecule has 0 aliphatic carbocycles. The number of nitrogens with zero attached hydrogens (tertiary/aromatic N) is 1. The van der Waals surface area contributed by atoms with Crippen LogP contribution in [0.1, 0.15) is 27.2 Å². The Morgan fingerprint density at radius 1 is 1.40 bits per heavy atom. The fourth-order valence-electron chi connectivity index (χ4n) is 1.07. The van der Waals surface area contributed by atoms with Gasteiger partial charge in [0.05, 0.1) is 11.6 Å². The van der Waals surface area contributed by atoms with Crippen LogP contribution in [0.3, 0.4) is 0 Å². The third-order valence-electron chi connectivity index (χ3n) is 1.79. The summed E-state index contributed by atoms with van der Waals surface area (Å²) in [5, 5.41) is 7.03. The van der Waals surface area contributed by atoms with Crippen molar-refractivity contribution < 1.29 is 8.42 Å². The van der Waals surface area contributed by atoms with Crippen molar-refractivity contribution in [2.24, 2.45) is 11.1 Å². The summed E-state index contributed by atoms with van der Waals surface area (Å²) in [7, 11) is -1.71. The molecule has 0 aromatic carbocycles. The van der Waals surface area contributed by atoms with E-state index in [1.165, 1.54) is 11.4 Å². The first-order chi connectivity index (χ1) is 6.54. The van der Waals surface area contributed by atoms with E-state index in [1.807, 2.05) is 20.8 Å². The molecule has 0 saturated heterocycles. The van der Waals surface area contributed by atoms with Crippen LogP contribution >= 0.6 is 0 Å². The predicted molar refractivity (Wildman–Crippen MR) is 62.4 cm³/mol. The predicted octanol–water partition coefficient (Wildman–Crippen LogP) is 0.620. The van der Waals surface area contributed by atoms with E-state index in [-0.39, 0.29) is 30.0 Å². The van der Waals surface area contributed by atoms with Crippen molar-refractivity contribution in [2.45, 2.75) is 27.2 Å². The maximum absolute atomic E-state index is 11.8. The van der Waals surface area contributed by atoms with Crippen molar-refractivity contribution in [3.05, 3.63) is 0 Å². The first-order valence-corrected chi connectivity index (χ1v) is 6.42. The quantitative estimate of drug-likeness (QED) is 0.541. The van der Waals surface area contributed by atoms with Gasteiger partial charge in [0, 0.05) is 20.0 Å². The number of hydrogen-bond acceptors (Lipinski definition) is 3. The maximum Gasteiger partial charge on any atom is 0.214 e. The Bertz CT molecular complexity index is 317. The van der Waals surface area contributed by atoms with Gasteiger partial charge < -0.3 is 5.73 Å². The summed E-state index contributed by atoms with van der Waals surface area (Å²) in [5.41, 5.74) is 4.91. The summed E-state index contributed by atoms with van der Waals surface area (Å²) in [4.78, 5) is 0. The van der Waals surface area contributed by atoms with E-state index < -0.39 is 10.0 Å². The van der Waals surface area contributed by atoms with Gasteiger partial charge in [-0.3, -0.25) is 5.41 Å². The third kappa shape index (κ3) is 6.46. The largest absolute Gasteiger partial charge is 0.388 e. The topological polar surface area (TPSA) is 87.2 Å². The first-order valence-electron chi connectivity index (χ1n) is 4.81. The smallest absolute Gasteiger partial charge is 0.214 e. The van der Waals surface area contributed by atoms with Crippen molar-refractivity contribution in [1.29, 1.82) is 5.41 Å². The standard InChI is InChI=1S/C9H21N3O2S/c1-9(2,3)7-15(13,14)12(4)6-5-8(10)11/h5-7H2,1-4H3,(H3,10,11). The molecule has 0 unspecified atom stereocenters. The van der Waals surface area contributed by atoms with Crippen LogP contribution in [0.2, 0.25) is 0 Å². The molecule has 0 aliphatic rings. The molecule has 0 spiro atoms. The molecule has 0 bridgehead atoms. The van der Waals surface area contributed by atoms with E-state index in [0.717, 1.165) is 0 Å². The molecule has 0 saturated carbocycles. The van der Waals surface area contributed by atoms with Gasteiger partial charge in [0.15, 0.2) is 0 Å². The normalized spacial score (nSPS) is 13.1. The second-order valence-electron chi connectivity index (χ2n) is 4.91. The van der Waals surface area contributed by atoms with Crippen LogP contribution in [0.4, 0.5) is 0 Å². The van der Waals surface area contributed by atoms with Gasteiger partial charge in [-0.15, -0.1) is 0 Å². The Labute approximate surface area is 92.2 Å². The number of rotatable bonds is 5. The number of hydrogen-bond donors (Lipinski definition) is 2. The summed E-state index contributed by atoms with van der Waals surface area (Å²) in [5.74, 6) is 0.113. The molecular weight excluding hydrogens is 214 g/mol. The van der Waals surface area contributed by atoms with Gasteiger partial charge in [-0.2, -0.15) is 0 Å². The fraction of sp³-hybridized carbons (Fsp3) is 0.889. The second kappa shape index (κ2) is 4.94. The monoisotopic (exact) mass is 235 g/mol. The minimum atomic E-state index is -3.23. The highest BCUT2D eigenvalue weighted by Gasteiger charge is 2.25. The van der Waals surface area contributed by atoms with Crippen molar-refractivity contribution in [3.8, 4) is 0 Å². The van der Waals surface area contributed by atoms with Gasteiger partial charge in [-0.1, -0.05) is 20.8 Å². The molecule has 0 aromatic rings. The second-order valence-corrected chi connectivity index (χ2v) is 6.99. The Balaban J connectivity index is 4.40. The highest BCUT2D eigenvalue weighted by atomic mass is 32.2. The fourth-order valence-corrected chi connectivity index (χ4v) is 2.76. The molecule has 0 amide bonds. The van der Waals surface area contributed by atoms with E-state index in [2.05, 4.69) is 0 Å². The zero-order chi connectivity index (χ0) is 12.3. The summed E-state index contributed by atoms with van der Waals surface area (Å²) < 4.78 is 24.8. The van der Waals surface area contributed by atoms with Gasteiger partial charge in [-0.05, 0) is 5.41 Å². The number of nitrogens with two attached hydrogens (primary N) is 1. The van der Waals surface area contributed by atoms with Crippen LogP contribution in [0, 0.1) is 10.8 Å². The maximum atomic E-state index is 11.8. The molecule has 0 aromatic heterocycles. The average Bonchev–Trinajstić information content (AvgIpc) is 1.94. The molecule has 0 atom stereocenters. The average molecular weight is 235 g/mol. The van der Waals surface area contributed by atoms with E-state index in [9.17, 15) is 8.42 Å². The van der Waals surface area contributed by atoms with Gasteiger partial charge in [0.2, 0.25) is 10.0 Å². The molecule has 0 fully saturated rings. The highest BCUT2D eigenvalue weighted by Crippen LogP contribution is 2.17. The van der Waals surface area contributed by atoms with Crippen molar-refractivity contribution >= 4 is 15.9 Å². The van der Waals surface area contributed by atoms with Crippen molar-refractivity contribution in [1.82, 2.24) is 4.31 Å². The number of amidine groups is 1. The molecule has 0 rings (SSSR count). The van der Waals surface area contributed by atoms with E-state index in [1.54, 1.807) is 0 Å². The summed E-state index contributed by atoms with van der Waals surface area (Å²) >= 11 is 0. The molecule has 0 radical (unpaired) electrons. The van der Waals surface area contributed by atoms with Crippen LogP contribution in [0.25, 0.3) is 0 Å². The minimum absolute atomic E-state index is 0.00723. The van der Waals surface area contributed by atoms with Crippen molar-refractivity contribution in [2.75, 3.05) is 19.3 Å². The molecule has 0 aliphatic heterocycles. The molecule has 3 N–H and O–H groups in total. The Morgan fingerprint density at radius 2 is 1.87 bits per heavy atom. The van der Waals surface area contributed by atoms with Gasteiger partial charge in [0.25, 0.3) is 0 Å². The Kier molecular flexibility index (Phi) is 4.73. The van der Waals surface area contributed by atoms with Crippen LogP contribution in [0.5, 0.6) is 0 Å². The minimum Gasteiger partial charge on any atom is -0.388 e. The summed E-state index contributed by atoms with van der Waals surface area (Å²) in [6.45, 7) is 5.91. The van der Waals surface area contributed by atoms with Gasteiger partial charge in [0.1, 0.15) is 0 Å². The van der Waals surface area contributed by atoms with E-state index >= 15 is 0 Å². The summed E-state index contributed by atoms with van der Waals surface area (Å²) in [6.07, 6.45) is 0.278. The lowest BCUT2D eigenvalue weighted by atomic mass is 10.0. The van der Waals surface area contributed by atoms with Gasteiger partial charge in [-0.25, -0.2) is 12.7 Å². The van der Waals surface area contributed by atoms with Crippen LogP contribution in [-0.4, -0.2) is 37.9 Å². The number of sulfonamides is 1. The zero-order valence-corrected chi connectivity index (χ0v) is 10.7. The van der Waals surface area contributed by atoms with E-state index in [0.29, 0.717) is 0 Å². The molecule has 15 heavy (non-hydrogen) atoms. The van der Waals surface area contributed by atoms with Crippen LogP contribution in [0.15, 0.2) is 0 Å². The summed E-state index contributed by atoms with van der Waals surface area (Å²) in [6, 6.07) is 0. The Morgan fingerprint density at radius 3 is 2.20 bits per heavy atom. The SMILES string of the molecule is CN(CCC(=N)N)S(=O)(=O)CC(C)(C)C. The van der Waals surface area contributed by atoms with Crippen molar-refractivity contribution in [3.63, 3.8) is 0 Å². The first kappa shape index (κ1) is 14.4. The lowest BCUT2D eigenvalue weighted by Gasteiger charge is -2.23. The number of nitrogens with one attached hydrogen (secondary N) is 1. The Hall–Kier alpha value is -0.620. The zero-order valence-electron chi connectivity index (χ0n) is 9.87. The van der Waals surface area contributed by atoms with Crippen LogP contribution < -0.4 is 5.73 Å². The third-order valence-corrected chi connectivity index (χ3v) is 4.15. The highest BCUT2D eigenvalue weighted by molar-refractivity contribution is 7.89. The molecule has 90 valence electrons.